The molecule has 3 nitrogen and oxygen atoms in total. The molecule has 2 aliphatic rings. The number of carboxylic acids is 1. The average molecular weight is 197 g/mol. The second kappa shape index (κ2) is 4.30. The molecular formula is C11H19NO2. The van der Waals surface area contributed by atoms with Gasteiger partial charge in [0.2, 0.25) is 0 Å². The van der Waals surface area contributed by atoms with Crippen LogP contribution in [0.3, 0.4) is 0 Å². The molecule has 0 aromatic carbocycles. The van der Waals surface area contributed by atoms with Crippen LogP contribution in [0.25, 0.3) is 0 Å². The van der Waals surface area contributed by atoms with E-state index < -0.39 is 5.97 Å². The fourth-order valence-electron chi connectivity index (χ4n) is 2.43. The van der Waals surface area contributed by atoms with Crippen molar-refractivity contribution in [2.24, 2.45) is 5.92 Å². The van der Waals surface area contributed by atoms with Gasteiger partial charge in [0, 0.05) is 19.0 Å². The Morgan fingerprint density at radius 1 is 1.36 bits per heavy atom. The molecule has 0 spiro atoms. The van der Waals surface area contributed by atoms with Gasteiger partial charge in [-0.1, -0.05) is 0 Å². The molecule has 1 unspecified atom stereocenters. The fraction of sp³-hybridized carbons (Fsp3) is 0.909. The number of carboxylic acid groups (broad SMARTS) is 1. The molecule has 2 rings (SSSR count). The second-order valence-corrected chi connectivity index (χ2v) is 4.67. The van der Waals surface area contributed by atoms with Gasteiger partial charge in [0.15, 0.2) is 0 Å². The summed E-state index contributed by atoms with van der Waals surface area (Å²) in [6.45, 7) is 2.40. The van der Waals surface area contributed by atoms with Crippen molar-refractivity contribution >= 4 is 5.97 Å². The number of hydrogen-bond donors (Lipinski definition) is 1. The highest BCUT2D eigenvalue weighted by molar-refractivity contribution is 5.66. The minimum absolute atomic E-state index is 0.350. The van der Waals surface area contributed by atoms with Gasteiger partial charge >= 0.3 is 5.97 Å². The molecule has 80 valence electrons. The Morgan fingerprint density at radius 3 is 2.79 bits per heavy atom. The molecule has 0 amide bonds. The Balaban J connectivity index is 1.72. The van der Waals surface area contributed by atoms with Gasteiger partial charge in [-0.3, -0.25) is 4.79 Å². The molecule has 0 aromatic heterocycles. The zero-order chi connectivity index (χ0) is 9.97. The SMILES string of the molecule is O=C(O)CCC1CCCN(C2CC2)C1. The van der Waals surface area contributed by atoms with Crippen molar-refractivity contribution in [3.05, 3.63) is 0 Å². The van der Waals surface area contributed by atoms with Gasteiger partial charge in [-0.25, -0.2) is 0 Å². The third-order valence-corrected chi connectivity index (χ3v) is 3.38. The lowest BCUT2D eigenvalue weighted by Gasteiger charge is -2.32. The van der Waals surface area contributed by atoms with Gasteiger partial charge in [0.25, 0.3) is 0 Å². The summed E-state index contributed by atoms with van der Waals surface area (Å²) in [6, 6.07) is 0.850. The van der Waals surface area contributed by atoms with Gasteiger partial charge in [-0.05, 0) is 44.6 Å². The second-order valence-electron chi connectivity index (χ2n) is 4.67. The predicted octanol–water partition coefficient (Wildman–Crippen LogP) is 1.73. The summed E-state index contributed by atoms with van der Waals surface area (Å²) in [5.74, 6) is -0.00556. The monoisotopic (exact) mass is 197 g/mol. The van der Waals surface area contributed by atoms with E-state index in [0.717, 1.165) is 19.0 Å². The molecule has 1 heterocycles. The van der Waals surface area contributed by atoms with E-state index in [4.69, 9.17) is 5.11 Å². The van der Waals surface area contributed by atoms with Gasteiger partial charge in [0.05, 0.1) is 0 Å². The van der Waals surface area contributed by atoms with E-state index >= 15 is 0 Å². The average Bonchev–Trinajstić information content (AvgIpc) is 2.98. The van der Waals surface area contributed by atoms with Crippen molar-refractivity contribution in [3.8, 4) is 0 Å². The van der Waals surface area contributed by atoms with Gasteiger partial charge in [-0.15, -0.1) is 0 Å². The van der Waals surface area contributed by atoms with E-state index in [1.54, 1.807) is 0 Å². The molecule has 0 bridgehead atoms. The third-order valence-electron chi connectivity index (χ3n) is 3.38. The molecule has 1 saturated carbocycles. The number of carbonyl (C=O) groups is 1. The standard InChI is InChI=1S/C11H19NO2/c13-11(14)6-3-9-2-1-7-12(8-9)10-4-5-10/h9-10H,1-8H2,(H,13,14). The minimum Gasteiger partial charge on any atom is -0.481 e. The fourth-order valence-corrected chi connectivity index (χ4v) is 2.43. The zero-order valence-corrected chi connectivity index (χ0v) is 8.61. The van der Waals surface area contributed by atoms with Crippen LogP contribution in [-0.4, -0.2) is 35.1 Å². The van der Waals surface area contributed by atoms with E-state index in [-0.39, 0.29) is 0 Å². The largest absolute Gasteiger partial charge is 0.481 e. The van der Waals surface area contributed by atoms with E-state index in [1.165, 1.54) is 32.2 Å². The van der Waals surface area contributed by atoms with Crippen LogP contribution in [0.1, 0.15) is 38.5 Å². The molecule has 3 heteroatoms. The Hall–Kier alpha value is -0.570. The number of nitrogens with zero attached hydrogens (tertiary/aromatic N) is 1. The van der Waals surface area contributed by atoms with Crippen molar-refractivity contribution in [1.29, 1.82) is 0 Å². The number of rotatable bonds is 4. The maximum absolute atomic E-state index is 10.5. The molecular weight excluding hydrogens is 178 g/mol. The van der Waals surface area contributed by atoms with Crippen LogP contribution in [0.15, 0.2) is 0 Å². The third kappa shape index (κ3) is 2.71. The van der Waals surface area contributed by atoms with E-state index in [1.807, 2.05) is 0 Å². The number of piperidine rings is 1. The van der Waals surface area contributed by atoms with Crippen molar-refractivity contribution in [1.82, 2.24) is 4.90 Å². The first-order valence-corrected chi connectivity index (χ1v) is 5.71. The Morgan fingerprint density at radius 2 is 2.14 bits per heavy atom. The van der Waals surface area contributed by atoms with Crippen LogP contribution in [0, 0.1) is 5.92 Å². The lowest BCUT2D eigenvalue weighted by atomic mass is 9.93. The van der Waals surface area contributed by atoms with E-state index in [0.29, 0.717) is 12.3 Å². The molecule has 0 radical (unpaired) electrons. The summed E-state index contributed by atoms with van der Waals surface area (Å²) in [6.07, 6.45) is 6.45. The summed E-state index contributed by atoms with van der Waals surface area (Å²) >= 11 is 0. The van der Waals surface area contributed by atoms with Crippen molar-refractivity contribution in [2.45, 2.75) is 44.6 Å². The number of likely N-dealkylation sites (tertiary alicyclic amines) is 1. The minimum atomic E-state index is -0.645. The van der Waals surface area contributed by atoms with Crippen LogP contribution >= 0.6 is 0 Å². The Kier molecular flexibility index (Phi) is 3.06. The molecule has 1 atom stereocenters. The molecule has 1 aliphatic carbocycles. The molecule has 0 aromatic rings. The van der Waals surface area contributed by atoms with Crippen molar-refractivity contribution in [2.75, 3.05) is 13.1 Å². The molecule has 2 fully saturated rings. The zero-order valence-electron chi connectivity index (χ0n) is 8.61. The number of hydrogen-bond acceptors (Lipinski definition) is 2. The first-order chi connectivity index (χ1) is 6.75. The van der Waals surface area contributed by atoms with Crippen LogP contribution in [0.4, 0.5) is 0 Å². The lowest BCUT2D eigenvalue weighted by molar-refractivity contribution is -0.137. The summed E-state index contributed by atoms with van der Waals surface area (Å²) in [5.41, 5.74) is 0. The molecule has 14 heavy (non-hydrogen) atoms. The Labute approximate surface area is 85.1 Å². The maximum Gasteiger partial charge on any atom is 0.303 e. The highest BCUT2D eigenvalue weighted by atomic mass is 16.4. The van der Waals surface area contributed by atoms with Crippen LogP contribution < -0.4 is 0 Å². The van der Waals surface area contributed by atoms with Crippen LogP contribution in [0.2, 0.25) is 0 Å². The van der Waals surface area contributed by atoms with Gasteiger partial charge in [0.1, 0.15) is 0 Å². The lowest BCUT2D eigenvalue weighted by Crippen LogP contribution is -2.37. The predicted molar refractivity (Wildman–Crippen MR) is 54.2 cm³/mol. The van der Waals surface area contributed by atoms with Gasteiger partial charge < -0.3 is 10.0 Å². The quantitative estimate of drug-likeness (QED) is 0.746. The normalized spacial score (nSPS) is 29.0. The topological polar surface area (TPSA) is 40.5 Å². The summed E-state index contributed by atoms with van der Waals surface area (Å²) in [4.78, 5) is 13.0. The molecule has 1 N–H and O–H groups in total. The van der Waals surface area contributed by atoms with E-state index in [2.05, 4.69) is 4.90 Å². The highest BCUT2D eigenvalue weighted by Gasteiger charge is 2.32. The van der Waals surface area contributed by atoms with Crippen LogP contribution in [0.5, 0.6) is 0 Å². The van der Waals surface area contributed by atoms with Crippen molar-refractivity contribution in [3.63, 3.8) is 0 Å². The summed E-state index contributed by atoms with van der Waals surface area (Å²) in [5, 5.41) is 8.62. The van der Waals surface area contributed by atoms with E-state index in [9.17, 15) is 4.79 Å². The summed E-state index contributed by atoms with van der Waals surface area (Å²) in [7, 11) is 0. The molecule has 1 aliphatic heterocycles. The first kappa shape index (κ1) is 9.97. The van der Waals surface area contributed by atoms with Gasteiger partial charge in [-0.2, -0.15) is 0 Å². The maximum atomic E-state index is 10.5. The summed E-state index contributed by atoms with van der Waals surface area (Å²) < 4.78 is 0. The first-order valence-electron chi connectivity index (χ1n) is 5.71. The number of aliphatic carboxylic acids is 1. The van der Waals surface area contributed by atoms with Crippen LogP contribution in [-0.2, 0) is 4.79 Å². The Bertz CT molecular complexity index is 213. The highest BCUT2D eigenvalue weighted by Crippen LogP contribution is 2.32. The molecule has 1 saturated heterocycles. The van der Waals surface area contributed by atoms with Crippen molar-refractivity contribution < 1.29 is 9.90 Å². The smallest absolute Gasteiger partial charge is 0.303 e.